The Morgan fingerprint density at radius 2 is 1.69 bits per heavy atom. The zero-order chi connectivity index (χ0) is 28.5. The summed E-state index contributed by atoms with van der Waals surface area (Å²) in [6.07, 6.45) is -2.35. The summed E-state index contributed by atoms with van der Waals surface area (Å²) < 4.78 is 12.5. The van der Waals surface area contributed by atoms with E-state index in [4.69, 9.17) is 19.6 Å². The van der Waals surface area contributed by atoms with Crippen molar-refractivity contribution in [2.45, 2.75) is 64.3 Å². The van der Waals surface area contributed by atoms with Crippen LogP contribution in [0, 0.1) is 0 Å². The van der Waals surface area contributed by atoms with Crippen LogP contribution in [0.4, 0.5) is 0 Å². The minimum absolute atomic E-state index is 0.0657. The van der Waals surface area contributed by atoms with Crippen molar-refractivity contribution >= 4 is 11.9 Å². The largest absolute Gasteiger partial charge is 0.497 e. The monoisotopic (exact) mass is 539 g/mol. The lowest BCUT2D eigenvalue weighted by Crippen LogP contribution is -2.25. The molecule has 3 aromatic rings. The van der Waals surface area contributed by atoms with Gasteiger partial charge in [-0.25, -0.2) is 4.98 Å². The molecule has 0 aliphatic heterocycles. The van der Waals surface area contributed by atoms with Gasteiger partial charge in [-0.3, -0.25) is 9.59 Å². The molecular formula is C29H37N3O7. The van der Waals surface area contributed by atoms with Gasteiger partial charge in [-0.15, -0.1) is 0 Å². The number of imidazole rings is 1. The van der Waals surface area contributed by atoms with E-state index in [9.17, 15) is 19.8 Å². The lowest BCUT2D eigenvalue weighted by atomic mass is 10.0. The average molecular weight is 540 g/mol. The van der Waals surface area contributed by atoms with Gasteiger partial charge in [-0.05, 0) is 60.7 Å². The molecule has 3 rings (SSSR count). The van der Waals surface area contributed by atoms with Crippen LogP contribution in [0.15, 0.2) is 48.5 Å². The van der Waals surface area contributed by atoms with Gasteiger partial charge in [0, 0.05) is 18.7 Å². The highest BCUT2D eigenvalue weighted by Gasteiger charge is 2.26. The Morgan fingerprint density at radius 3 is 2.31 bits per heavy atom. The number of ether oxygens (including phenoxy) is 2. The minimum Gasteiger partial charge on any atom is -0.497 e. The summed E-state index contributed by atoms with van der Waals surface area (Å²) in [6.45, 7) is 4.54. The smallest absolute Gasteiger partial charge is 0.305 e. The number of carbonyl (C=O) groups excluding carboxylic acids is 1. The Kier molecular flexibility index (Phi) is 10.5. The molecule has 2 aromatic carbocycles. The number of methoxy groups -OCH3 is 2. The lowest BCUT2D eigenvalue weighted by Gasteiger charge is -2.19. The second-order valence-electron chi connectivity index (χ2n) is 9.67. The zero-order valence-electron chi connectivity index (χ0n) is 22.8. The van der Waals surface area contributed by atoms with Gasteiger partial charge < -0.3 is 34.7 Å². The van der Waals surface area contributed by atoms with E-state index in [0.717, 1.165) is 11.1 Å². The van der Waals surface area contributed by atoms with Gasteiger partial charge in [0.2, 0.25) is 0 Å². The lowest BCUT2D eigenvalue weighted by molar-refractivity contribution is -0.139. The van der Waals surface area contributed by atoms with Crippen LogP contribution < -0.4 is 14.8 Å². The maximum Gasteiger partial charge on any atom is 0.305 e. The molecule has 0 saturated heterocycles. The van der Waals surface area contributed by atoms with Gasteiger partial charge in [0.05, 0.1) is 38.5 Å². The summed E-state index contributed by atoms with van der Waals surface area (Å²) in [5, 5.41) is 32.3. The molecule has 0 aliphatic rings. The van der Waals surface area contributed by atoms with E-state index in [1.807, 2.05) is 66.9 Å². The highest BCUT2D eigenvalue weighted by molar-refractivity contribution is 5.94. The fraction of sp³-hybridized carbons (Fsp3) is 0.414. The highest BCUT2D eigenvalue weighted by atomic mass is 16.5. The number of hydrogen-bond donors (Lipinski definition) is 4. The predicted octanol–water partition coefficient (Wildman–Crippen LogP) is 3.60. The number of rotatable bonds is 14. The number of aliphatic hydroxyl groups is 2. The van der Waals surface area contributed by atoms with Crippen LogP contribution in [0.2, 0.25) is 0 Å². The molecule has 39 heavy (non-hydrogen) atoms. The number of nitrogens with one attached hydrogen (secondary N) is 1. The quantitative estimate of drug-likeness (QED) is 0.243. The van der Waals surface area contributed by atoms with Crippen LogP contribution in [0.25, 0.3) is 11.4 Å². The number of carboxylic acid groups (broad SMARTS) is 1. The van der Waals surface area contributed by atoms with Gasteiger partial charge in [-0.1, -0.05) is 26.0 Å². The molecule has 0 bridgehead atoms. The Labute approximate surface area is 228 Å². The Morgan fingerprint density at radius 1 is 1.00 bits per heavy atom. The molecular weight excluding hydrogens is 502 g/mol. The van der Waals surface area contributed by atoms with E-state index < -0.39 is 24.6 Å². The molecule has 0 aliphatic carbocycles. The molecule has 1 aromatic heterocycles. The van der Waals surface area contributed by atoms with Crippen molar-refractivity contribution in [3.63, 3.8) is 0 Å². The Balaban J connectivity index is 1.92. The summed E-state index contributed by atoms with van der Waals surface area (Å²) in [7, 11) is 3.17. The van der Waals surface area contributed by atoms with E-state index in [2.05, 4.69) is 5.32 Å². The first kappa shape index (κ1) is 29.7. The second kappa shape index (κ2) is 13.8. The number of nitrogens with zero attached hydrogens (tertiary/aromatic N) is 2. The van der Waals surface area contributed by atoms with Crippen LogP contribution >= 0.6 is 0 Å². The van der Waals surface area contributed by atoms with Gasteiger partial charge in [-0.2, -0.15) is 0 Å². The molecule has 0 spiro atoms. The van der Waals surface area contributed by atoms with Gasteiger partial charge in [0.15, 0.2) is 0 Å². The second-order valence-corrected chi connectivity index (χ2v) is 9.67. The summed E-state index contributed by atoms with van der Waals surface area (Å²) >= 11 is 0. The molecule has 1 heterocycles. The van der Waals surface area contributed by atoms with Crippen molar-refractivity contribution in [1.29, 1.82) is 0 Å². The molecule has 4 N–H and O–H groups in total. The maximum atomic E-state index is 13.4. The number of carbonyl (C=O) groups is 2. The van der Waals surface area contributed by atoms with E-state index >= 15 is 0 Å². The molecule has 10 heteroatoms. The van der Waals surface area contributed by atoms with E-state index in [0.29, 0.717) is 41.8 Å². The van der Waals surface area contributed by atoms with E-state index in [1.165, 1.54) is 0 Å². The SMILES string of the molecule is COc1ccc(-c2nc(C(=O)NCc3cccc(OC)c3)c(C(C)C)n2CC[C@@H](O)C[C@@H](O)CC(=O)O)cc1. The van der Waals surface area contributed by atoms with Crippen molar-refractivity contribution in [3.8, 4) is 22.9 Å². The predicted molar refractivity (Wildman–Crippen MR) is 146 cm³/mol. The number of aliphatic hydroxyl groups excluding tert-OH is 2. The third-order valence-corrected chi connectivity index (χ3v) is 6.34. The zero-order valence-corrected chi connectivity index (χ0v) is 22.8. The molecule has 10 nitrogen and oxygen atoms in total. The molecule has 210 valence electrons. The minimum atomic E-state index is -1.15. The maximum absolute atomic E-state index is 13.4. The van der Waals surface area contributed by atoms with Crippen molar-refractivity contribution in [2.24, 2.45) is 0 Å². The van der Waals surface area contributed by atoms with Gasteiger partial charge in [0.1, 0.15) is 23.0 Å². The van der Waals surface area contributed by atoms with Crippen LogP contribution in [0.5, 0.6) is 11.5 Å². The summed E-state index contributed by atoms with van der Waals surface area (Å²) in [6, 6.07) is 14.8. The fourth-order valence-electron chi connectivity index (χ4n) is 4.45. The average Bonchev–Trinajstić information content (AvgIpc) is 3.30. The van der Waals surface area contributed by atoms with Crippen molar-refractivity contribution in [1.82, 2.24) is 14.9 Å². The molecule has 0 unspecified atom stereocenters. The first-order valence-corrected chi connectivity index (χ1v) is 12.9. The molecule has 1 amide bonds. The van der Waals surface area contributed by atoms with Crippen LogP contribution in [0.3, 0.4) is 0 Å². The van der Waals surface area contributed by atoms with E-state index in [1.54, 1.807) is 14.2 Å². The van der Waals surface area contributed by atoms with E-state index in [-0.39, 0.29) is 24.7 Å². The van der Waals surface area contributed by atoms with Gasteiger partial charge >= 0.3 is 5.97 Å². The first-order valence-electron chi connectivity index (χ1n) is 12.9. The molecule has 0 fully saturated rings. The number of aromatic nitrogens is 2. The van der Waals surface area contributed by atoms with Crippen LogP contribution in [-0.4, -0.2) is 63.2 Å². The number of carboxylic acids is 1. The summed E-state index contributed by atoms with van der Waals surface area (Å²) in [5.74, 6) is 0.413. The topological polar surface area (TPSA) is 143 Å². The number of benzene rings is 2. The standard InChI is InChI=1S/C29H37N3O7/c1-18(2)27-26(29(37)30-17-19-6-5-7-24(14-19)39-4)31-28(20-8-10-23(38-3)11-9-20)32(27)13-12-21(33)15-22(34)16-25(35)36/h5-11,14,18,21-22,33-34H,12-13,15-17H2,1-4H3,(H,30,37)(H,35,36)/t21-,22-/m1/s1. The fourth-order valence-corrected chi connectivity index (χ4v) is 4.45. The van der Waals surface area contributed by atoms with Crippen molar-refractivity contribution < 1.29 is 34.4 Å². The number of aliphatic carboxylic acids is 1. The van der Waals surface area contributed by atoms with Crippen molar-refractivity contribution in [2.75, 3.05) is 14.2 Å². The Bertz CT molecular complexity index is 1250. The summed E-state index contributed by atoms with van der Waals surface area (Å²) in [4.78, 5) is 29.0. The third-order valence-electron chi connectivity index (χ3n) is 6.34. The first-order chi connectivity index (χ1) is 18.6. The number of hydrogen-bond acceptors (Lipinski definition) is 7. The molecule has 0 saturated carbocycles. The molecule has 2 atom stereocenters. The highest BCUT2D eigenvalue weighted by Crippen LogP contribution is 2.30. The van der Waals surface area contributed by atoms with Crippen molar-refractivity contribution in [3.05, 3.63) is 65.5 Å². The third kappa shape index (κ3) is 8.05. The Hall–Kier alpha value is -3.89. The normalized spacial score (nSPS) is 12.7. The number of amides is 1. The van der Waals surface area contributed by atoms with Crippen LogP contribution in [0.1, 0.15) is 60.8 Å². The van der Waals surface area contributed by atoms with Gasteiger partial charge in [0.25, 0.3) is 5.91 Å². The van der Waals surface area contributed by atoms with Crippen LogP contribution in [-0.2, 0) is 17.9 Å². The molecule has 0 radical (unpaired) electrons. The summed E-state index contributed by atoms with van der Waals surface area (Å²) in [5.41, 5.74) is 2.65.